The number of rotatable bonds is 2. The highest BCUT2D eigenvalue weighted by molar-refractivity contribution is 6.33. The second-order valence-electron chi connectivity index (χ2n) is 3.71. The summed E-state index contributed by atoms with van der Waals surface area (Å²) in [5, 5.41) is 1.13. The van der Waals surface area contributed by atoms with Crippen molar-refractivity contribution in [3.63, 3.8) is 0 Å². The quantitative estimate of drug-likeness (QED) is 0.770. The molecule has 0 amide bonds. The molecule has 1 aliphatic heterocycles. The first-order valence-electron chi connectivity index (χ1n) is 4.92. The molecule has 0 fully saturated rings. The summed E-state index contributed by atoms with van der Waals surface area (Å²) in [5.41, 5.74) is 0.790. The Hall–Kier alpha value is -1.06. The molecule has 0 saturated carbocycles. The highest BCUT2D eigenvalue weighted by atomic mass is 35.5. The standard InChI is InChI=1S/C12H9Cl2F2N/c13-10-1-2-11(14)9(7-10)8-17-5-3-12(15,16)4-6-17/h1-7H,8H2. The molecule has 0 aliphatic carbocycles. The number of nitrogens with zero attached hydrogens (tertiary/aromatic N) is 1. The Morgan fingerprint density at radius 2 is 1.76 bits per heavy atom. The smallest absolute Gasteiger partial charge is 0.288 e. The normalized spacial score (nSPS) is 17.5. The molecule has 5 heteroatoms. The Labute approximate surface area is 108 Å². The van der Waals surface area contributed by atoms with E-state index in [4.69, 9.17) is 23.2 Å². The molecule has 0 radical (unpaired) electrons. The van der Waals surface area contributed by atoms with Gasteiger partial charge in [0.1, 0.15) is 0 Å². The number of halogens is 4. The van der Waals surface area contributed by atoms with Crippen LogP contribution in [-0.2, 0) is 6.54 Å². The van der Waals surface area contributed by atoms with Gasteiger partial charge in [-0.3, -0.25) is 0 Å². The molecule has 1 aromatic rings. The van der Waals surface area contributed by atoms with E-state index in [2.05, 4.69) is 0 Å². The molecular formula is C12H9Cl2F2N. The van der Waals surface area contributed by atoms with Gasteiger partial charge in [-0.25, -0.2) is 0 Å². The van der Waals surface area contributed by atoms with Crippen LogP contribution in [0.15, 0.2) is 42.8 Å². The number of allylic oxidation sites excluding steroid dienone is 2. The maximum atomic E-state index is 12.8. The van der Waals surface area contributed by atoms with Crippen molar-refractivity contribution >= 4 is 23.2 Å². The third-order valence-electron chi connectivity index (χ3n) is 2.34. The molecule has 0 aromatic heterocycles. The Morgan fingerprint density at radius 3 is 2.41 bits per heavy atom. The summed E-state index contributed by atoms with van der Waals surface area (Å²) in [4.78, 5) is 1.62. The highest BCUT2D eigenvalue weighted by Gasteiger charge is 2.23. The van der Waals surface area contributed by atoms with Crippen LogP contribution in [0.25, 0.3) is 0 Å². The van der Waals surface area contributed by atoms with E-state index in [0.717, 1.165) is 17.7 Å². The van der Waals surface area contributed by atoms with Crippen LogP contribution in [0.4, 0.5) is 8.78 Å². The van der Waals surface area contributed by atoms with Crippen molar-refractivity contribution in [3.05, 3.63) is 58.4 Å². The van der Waals surface area contributed by atoms with Crippen molar-refractivity contribution in [2.24, 2.45) is 0 Å². The SMILES string of the molecule is FC1(F)C=CN(Cc2cc(Cl)ccc2Cl)C=C1. The van der Waals surface area contributed by atoms with Crippen LogP contribution in [0.1, 0.15) is 5.56 Å². The summed E-state index contributed by atoms with van der Waals surface area (Å²) in [7, 11) is 0. The van der Waals surface area contributed by atoms with Crippen LogP contribution in [0.5, 0.6) is 0 Å². The van der Waals surface area contributed by atoms with E-state index in [1.54, 1.807) is 23.1 Å². The summed E-state index contributed by atoms with van der Waals surface area (Å²) in [6, 6.07) is 5.09. The van der Waals surface area contributed by atoms with Gasteiger partial charge in [0.2, 0.25) is 0 Å². The summed E-state index contributed by atoms with van der Waals surface area (Å²) >= 11 is 11.8. The predicted octanol–water partition coefficient (Wildman–Crippen LogP) is 4.47. The van der Waals surface area contributed by atoms with Crippen molar-refractivity contribution in [3.8, 4) is 0 Å². The van der Waals surface area contributed by atoms with Crippen molar-refractivity contribution in [1.82, 2.24) is 4.90 Å². The summed E-state index contributed by atoms with van der Waals surface area (Å²) in [6.45, 7) is 0.405. The first-order valence-corrected chi connectivity index (χ1v) is 5.68. The monoisotopic (exact) mass is 275 g/mol. The third-order valence-corrected chi connectivity index (χ3v) is 2.94. The van der Waals surface area contributed by atoms with Gasteiger partial charge in [-0.1, -0.05) is 23.2 Å². The van der Waals surface area contributed by atoms with E-state index >= 15 is 0 Å². The van der Waals surface area contributed by atoms with E-state index in [9.17, 15) is 8.78 Å². The van der Waals surface area contributed by atoms with E-state index in [0.29, 0.717) is 16.6 Å². The van der Waals surface area contributed by atoms with Crippen LogP contribution in [0.2, 0.25) is 10.0 Å². The van der Waals surface area contributed by atoms with Crippen LogP contribution in [0.3, 0.4) is 0 Å². The lowest BCUT2D eigenvalue weighted by Crippen LogP contribution is -2.19. The van der Waals surface area contributed by atoms with Gasteiger partial charge in [0.15, 0.2) is 0 Å². The molecule has 1 aliphatic rings. The van der Waals surface area contributed by atoms with E-state index in [1.165, 1.54) is 12.4 Å². The second-order valence-corrected chi connectivity index (χ2v) is 4.56. The molecule has 0 atom stereocenters. The topological polar surface area (TPSA) is 3.24 Å². The summed E-state index contributed by atoms with van der Waals surface area (Å²) < 4.78 is 25.6. The van der Waals surface area contributed by atoms with Gasteiger partial charge >= 0.3 is 0 Å². The van der Waals surface area contributed by atoms with Crippen LogP contribution < -0.4 is 0 Å². The molecule has 90 valence electrons. The average molecular weight is 276 g/mol. The first-order chi connectivity index (χ1) is 7.96. The molecule has 1 heterocycles. The van der Waals surface area contributed by atoms with Crippen molar-refractivity contribution < 1.29 is 8.78 Å². The summed E-state index contributed by atoms with van der Waals surface area (Å²) in [6.07, 6.45) is 4.34. The van der Waals surface area contributed by atoms with Gasteiger partial charge in [-0.2, -0.15) is 8.78 Å². The fourth-order valence-electron chi connectivity index (χ4n) is 1.46. The van der Waals surface area contributed by atoms with E-state index < -0.39 is 5.92 Å². The minimum atomic E-state index is -2.87. The molecule has 0 saturated heterocycles. The maximum Gasteiger partial charge on any atom is 0.288 e. The van der Waals surface area contributed by atoms with E-state index in [1.807, 2.05) is 0 Å². The van der Waals surface area contributed by atoms with E-state index in [-0.39, 0.29) is 0 Å². The molecule has 0 bridgehead atoms. The number of benzene rings is 1. The fourth-order valence-corrected chi connectivity index (χ4v) is 1.83. The number of alkyl halides is 2. The van der Waals surface area contributed by atoms with Gasteiger partial charge in [0.25, 0.3) is 5.92 Å². The molecule has 0 unspecified atom stereocenters. The average Bonchev–Trinajstić information content (AvgIpc) is 2.26. The number of hydrogen-bond donors (Lipinski definition) is 0. The molecule has 2 rings (SSSR count). The lowest BCUT2D eigenvalue weighted by Gasteiger charge is -2.22. The predicted molar refractivity (Wildman–Crippen MR) is 65.2 cm³/mol. The van der Waals surface area contributed by atoms with Crippen LogP contribution in [0, 0.1) is 0 Å². The van der Waals surface area contributed by atoms with Gasteiger partial charge in [-0.05, 0) is 23.8 Å². The molecular weight excluding hydrogens is 267 g/mol. The molecule has 1 nitrogen and oxygen atoms in total. The van der Waals surface area contributed by atoms with Crippen molar-refractivity contribution in [1.29, 1.82) is 0 Å². The maximum absolute atomic E-state index is 12.8. The van der Waals surface area contributed by atoms with Gasteiger partial charge < -0.3 is 4.90 Å². The first kappa shape index (κ1) is 12.4. The Bertz CT molecular complexity index is 467. The third kappa shape index (κ3) is 3.20. The highest BCUT2D eigenvalue weighted by Crippen LogP contribution is 2.25. The van der Waals surface area contributed by atoms with Gasteiger partial charge in [-0.15, -0.1) is 0 Å². The largest absolute Gasteiger partial charge is 0.350 e. The second kappa shape index (κ2) is 4.67. The zero-order chi connectivity index (χ0) is 12.5. The minimum absolute atomic E-state index is 0.405. The van der Waals surface area contributed by atoms with Gasteiger partial charge in [0.05, 0.1) is 0 Å². The van der Waals surface area contributed by atoms with Crippen LogP contribution >= 0.6 is 23.2 Å². The Kier molecular flexibility index (Phi) is 3.40. The molecule has 0 spiro atoms. The Morgan fingerprint density at radius 1 is 1.12 bits per heavy atom. The molecule has 1 aromatic carbocycles. The lowest BCUT2D eigenvalue weighted by atomic mass is 10.2. The minimum Gasteiger partial charge on any atom is -0.350 e. The van der Waals surface area contributed by atoms with Crippen LogP contribution in [-0.4, -0.2) is 10.8 Å². The number of hydrogen-bond acceptors (Lipinski definition) is 1. The zero-order valence-electron chi connectivity index (χ0n) is 8.71. The molecule has 0 N–H and O–H groups in total. The Balaban J connectivity index is 2.13. The lowest BCUT2D eigenvalue weighted by molar-refractivity contribution is 0.104. The fraction of sp³-hybridized carbons (Fsp3) is 0.167. The molecule has 17 heavy (non-hydrogen) atoms. The van der Waals surface area contributed by atoms with Crippen molar-refractivity contribution in [2.75, 3.05) is 0 Å². The van der Waals surface area contributed by atoms with Crippen molar-refractivity contribution in [2.45, 2.75) is 12.5 Å². The van der Waals surface area contributed by atoms with Gasteiger partial charge in [0, 0.05) is 41.1 Å². The summed E-state index contributed by atoms with van der Waals surface area (Å²) in [5.74, 6) is -2.87. The zero-order valence-corrected chi connectivity index (χ0v) is 10.2.